The second-order valence-corrected chi connectivity index (χ2v) is 8.71. The third-order valence-electron chi connectivity index (χ3n) is 5.00. The van der Waals surface area contributed by atoms with Crippen LogP contribution in [0.15, 0.2) is 24.3 Å². The summed E-state index contributed by atoms with van der Waals surface area (Å²) in [7, 11) is 0. The first-order valence-corrected chi connectivity index (χ1v) is 10.1. The van der Waals surface area contributed by atoms with E-state index in [0.29, 0.717) is 5.92 Å². The van der Waals surface area contributed by atoms with E-state index in [9.17, 15) is 19.5 Å². The zero-order valence-electron chi connectivity index (χ0n) is 17.4. The normalized spacial score (nSPS) is 16.4. The molecular formula is C22H32N2O5. The lowest BCUT2D eigenvalue weighted by Gasteiger charge is -2.26. The lowest BCUT2D eigenvalue weighted by atomic mass is 9.79. The smallest absolute Gasteiger partial charge is 0.326 e. The summed E-state index contributed by atoms with van der Waals surface area (Å²) < 4.78 is 5.19. The van der Waals surface area contributed by atoms with Crippen LogP contribution in [-0.2, 0) is 25.5 Å². The van der Waals surface area contributed by atoms with Crippen molar-refractivity contribution in [2.75, 3.05) is 0 Å². The van der Waals surface area contributed by atoms with Gasteiger partial charge in [0.05, 0.1) is 6.04 Å². The second kappa shape index (κ2) is 9.87. The Kier molecular flexibility index (Phi) is 7.79. The number of rotatable bonds is 9. The number of hydrogen-bond donors (Lipinski definition) is 3. The van der Waals surface area contributed by atoms with Gasteiger partial charge in [0, 0.05) is 12.8 Å². The van der Waals surface area contributed by atoms with Crippen molar-refractivity contribution < 1.29 is 24.2 Å². The minimum atomic E-state index is -1.12. The van der Waals surface area contributed by atoms with Crippen LogP contribution >= 0.6 is 0 Å². The largest absolute Gasteiger partial charge is 0.480 e. The molecule has 4 N–H and O–H groups in total. The average molecular weight is 405 g/mol. The highest BCUT2D eigenvalue weighted by Gasteiger charge is 2.26. The second-order valence-electron chi connectivity index (χ2n) is 8.71. The van der Waals surface area contributed by atoms with Gasteiger partial charge in [0.15, 0.2) is 0 Å². The number of esters is 1. The highest BCUT2D eigenvalue weighted by atomic mass is 16.6. The van der Waals surface area contributed by atoms with Crippen molar-refractivity contribution in [2.24, 2.45) is 5.73 Å². The molecule has 0 aromatic heterocycles. The number of carbonyl (C=O) groups is 3. The van der Waals surface area contributed by atoms with Crippen LogP contribution < -0.4 is 11.1 Å². The van der Waals surface area contributed by atoms with Crippen molar-refractivity contribution in [3.8, 4) is 0 Å². The lowest BCUT2D eigenvalue weighted by molar-refractivity contribution is -0.155. The first kappa shape index (κ1) is 22.9. The minimum Gasteiger partial charge on any atom is -0.480 e. The summed E-state index contributed by atoms with van der Waals surface area (Å²) in [6.07, 6.45) is 3.81. The zero-order chi connectivity index (χ0) is 21.6. The number of carboxylic acids is 1. The van der Waals surface area contributed by atoms with Gasteiger partial charge in [-0.3, -0.25) is 9.59 Å². The van der Waals surface area contributed by atoms with E-state index in [-0.39, 0.29) is 19.3 Å². The number of ether oxygens (including phenoxy) is 1. The molecule has 1 aromatic carbocycles. The Morgan fingerprint density at radius 2 is 1.97 bits per heavy atom. The molecule has 29 heavy (non-hydrogen) atoms. The van der Waals surface area contributed by atoms with Crippen LogP contribution in [0, 0.1) is 0 Å². The van der Waals surface area contributed by atoms with Gasteiger partial charge in [-0.15, -0.1) is 0 Å². The molecule has 1 amide bonds. The van der Waals surface area contributed by atoms with Crippen LogP contribution in [0.25, 0.3) is 0 Å². The number of carboxylic acid groups (broad SMARTS) is 1. The Morgan fingerprint density at radius 1 is 1.28 bits per heavy atom. The molecule has 1 aromatic rings. The number of benzene rings is 1. The predicted octanol–water partition coefficient (Wildman–Crippen LogP) is 2.52. The van der Waals surface area contributed by atoms with Gasteiger partial charge in [0.25, 0.3) is 0 Å². The summed E-state index contributed by atoms with van der Waals surface area (Å²) in [5.74, 6) is -1.60. The molecule has 2 rings (SSSR count). The molecule has 160 valence electrons. The van der Waals surface area contributed by atoms with Gasteiger partial charge in [0.1, 0.15) is 11.6 Å². The molecule has 7 heteroatoms. The van der Waals surface area contributed by atoms with Crippen molar-refractivity contribution in [3.05, 3.63) is 35.4 Å². The summed E-state index contributed by atoms with van der Waals surface area (Å²) in [6.45, 7) is 5.28. The summed E-state index contributed by atoms with van der Waals surface area (Å²) in [5, 5.41) is 12.0. The Bertz CT molecular complexity index is 737. The van der Waals surface area contributed by atoms with Gasteiger partial charge in [-0.25, -0.2) is 4.79 Å². The van der Waals surface area contributed by atoms with Crippen LogP contribution in [0.3, 0.4) is 0 Å². The van der Waals surface area contributed by atoms with E-state index in [0.717, 1.165) is 18.4 Å². The van der Waals surface area contributed by atoms with Crippen LogP contribution in [0.1, 0.15) is 69.9 Å². The van der Waals surface area contributed by atoms with Crippen LogP contribution in [0.2, 0.25) is 0 Å². The first-order chi connectivity index (χ1) is 13.5. The van der Waals surface area contributed by atoms with Gasteiger partial charge in [-0.05, 0) is 57.1 Å². The van der Waals surface area contributed by atoms with E-state index >= 15 is 0 Å². The molecule has 1 fully saturated rings. The fourth-order valence-electron chi connectivity index (χ4n) is 3.23. The van der Waals surface area contributed by atoms with E-state index in [2.05, 4.69) is 11.4 Å². The number of carbonyl (C=O) groups excluding carboxylic acids is 2. The fourth-order valence-corrected chi connectivity index (χ4v) is 3.23. The van der Waals surface area contributed by atoms with Gasteiger partial charge in [-0.1, -0.05) is 30.7 Å². The molecule has 0 bridgehead atoms. The van der Waals surface area contributed by atoms with Crippen molar-refractivity contribution in [3.63, 3.8) is 0 Å². The molecule has 0 heterocycles. The molecule has 0 unspecified atom stereocenters. The fraction of sp³-hybridized carbons (Fsp3) is 0.591. The SMILES string of the molecule is CC(C)(C)OC(=O)CC[C@H](N)C(=O)N[C@@H](Cc1cccc(C2CCC2)c1)C(=O)O. The quantitative estimate of drug-likeness (QED) is 0.544. The maximum absolute atomic E-state index is 12.3. The van der Waals surface area contributed by atoms with E-state index in [1.54, 1.807) is 20.8 Å². The molecular weight excluding hydrogens is 372 g/mol. The molecule has 0 radical (unpaired) electrons. The Balaban J connectivity index is 1.89. The first-order valence-electron chi connectivity index (χ1n) is 10.1. The van der Waals surface area contributed by atoms with Crippen molar-refractivity contribution in [2.45, 2.75) is 82.9 Å². The number of nitrogens with two attached hydrogens (primary N) is 1. The third-order valence-corrected chi connectivity index (χ3v) is 5.00. The average Bonchev–Trinajstić information content (AvgIpc) is 2.56. The molecule has 0 spiro atoms. The molecule has 1 aliphatic carbocycles. The monoisotopic (exact) mass is 404 g/mol. The highest BCUT2D eigenvalue weighted by Crippen LogP contribution is 2.36. The van der Waals surface area contributed by atoms with E-state index in [4.69, 9.17) is 10.5 Å². The Hall–Kier alpha value is -2.41. The summed E-state index contributed by atoms with van der Waals surface area (Å²) >= 11 is 0. The van der Waals surface area contributed by atoms with E-state index < -0.39 is 35.5 Å². The topological polar surface area (TPSA) is 119 Å². The third kappa shape index (κ3) is 7.49. The number of amides is 1. The van der Waals surface area contributed by atoms with Crippen molar-refractivity contribution in [1.82, 2.24) is 5.32 Å². The minimum absolute atomic E-state index is 0.00692. The molecule has 1 saturated carbocycles. The molecule has 1 aliphatic rings. The van der Waals surface area contributed by atoms with Gasteiger partial charge in [0.2, 0.25) is 5.91 Å². The Morgan fingerprint density at radius 3 is 2.52 bits per heavy atom. The standard InChI is InChI=1S/C22H32N2O5/c1-22(2,3)29-19(25)11-10-17(23)20(26)24-18(21(27)28)13-14-6-4-9-16(12-14)15-7-5-8-15/h4,6,9,12,15,17-18H,5,7-8,10-11,13,23H2,1-3H3,(H,24,26)(H,27,28)/t17-,18-/m0/s1. The molecule has 2 atom stereocenters. The molecule has 7 nitrogen and oxygen atoms in total. The summed E-state index contributed by atoms with van der Waals surface area (Å²) in [4.78, 5) is 35.7. The van der Waals surface area contributed by atoms with Gasteiger partial charge < -0.3 is 20.9 Å². The Labute approximate surface area is 172 Å². The number of aliphatic carboxylic acids is 1. The van der Waals surface area contributed by atoms with E-state index in [1.165, 1.54) is 12.0 Å². The number of nitrogens with one attached hydrogen (secondary N) is 1. The molecule has 0 saturated heterocycles. The van der Waals surface area contributed by atoms with Crippen LogP contribution in [-0.4, -0.2) is 40.6 Å². The summed E-state index contributed by atoms with van der Waals surface area (Å²) in [6, 6.07) is 5.82. The molecule has 0 aliphatic heterocycles. The lowest BCUT2D eigenvalue weighted by Crippen LogP contribution is -2.49. The maximum Gasteiger partial charge on any atom is 0.326 e. The van der Waals surface area contributed by atoms with Crippen molar-refractivity contribution in [1.29, 1.82) is 0 Å². The zero-order valence-corrected chi connectivity index (χ0v) is 17.4. The highest BCUT2D eigenvalue weighted by molar-refractivity contribution is 5.87. The number of hydrogen-bond acceptors (Lipinski definition) is 5. The van der Waals surface area contributed by atoms with E-state index in [1.807, 2.05) is 18.2 Å². The van der Waals surface area contributed by atoms with Crippen molar-refractivity contribution >= 4 is 17.8 Å². The maximum atomic E-state index is 12.3. The van der Waals surface area contributed by atoms with Gasteiger partial charge in [-0.2, -0.15) is 0 Å². The predicted molar refractivity (Wildman–Crippen MR) is 109 cm³/mol. The van der Waals surface area contributed by atoms with Crippen LogP contribution in [0.4, 0.5) is 0 Å². The van der Waals surface area contributed by atoms with Gasteiger partial charge >= 0.3 is 11.9 Å². The summed E-state index contributed by atoms with van der Waals surface area (Å²) in [5.41, 5.74) is 7.33. The van der Waals surface area contributed by atoms with Crippen LogP contribution in [0.5, 0.6) is 0 Å².